The molecule has 1 aliphatic rings. The summed E-state index contributed by atoms with van der Waals surface area (Å²) in [4.78, 5) is 13.8. The Balaban J connectivity index is 1.88. The van der Waals surface area contributed by atoms with E-state index in [4.69, 9.17) is 4.74 Å². The largest absolute Gasteiger partial charge is 0.508 e. The summed E-state index contributed by atoms with van der Waals surface area (Å²) >= 11 is 0. The molecule has 1 unspecified atom stereocenters. The highest BCUT2D eigenvalue weighted by atomic mass is 19.1. The maximum atomic E-state index is 13.2. The number of likely N-dealkylation sites (N-methyl/N-ethyl adjacent to an activating group) is 1. The van der Waals surface area contributed by atoms with Crippen molar-refractivity contribution in [3.8, 4) is 11.5 Å². The summed E-state index contributed by atoms with van der Waals surface area (Å²) in [6.45, 7) is 0. The van der Waals surface area contributed by atoms with E-state index in [9.17, 15) is 14.3 Å². The summed E-state index contributed by atoms with van der Waals surface area (Å²) in [7, 11) is 1.63. The van der Waals surface area contributed by atoms with Crippen LogP contribution in [-0.2, 0) is 11.2 Å². The number of carbonyl (C=O) groups is 1. The Hall–Kier alpha value is -2.56. The third-order valence-electron chi connectivity index (χ3n) is 3.49. The van der Waals surface area contributed by atoms with Crippen LogP contribution in [0.5, 0.6) is 11.5 Å². The van der Waals surface area contributed by atoms with Crippen LogP contribution >= 0.6 is 0 Å². The molecule has 5 heteroatoms. The maximum absolute atomic E-state index is 13.2. The molecule has 0 saturated heterocycles. The number of nitrogens with zero attached hydrogens (tertiary/aromatic N) is 1. The summed E-state index contributed by atoms with van der Waals surface area (Å²) in [5, 5.41) is 9.49. The standard InChI is InChI=1S/C16H14FNO3/c1-18-13-9-12(19)5-6-14(13)21-15(16(18)20)8-10-3-2-4-11(17)7-10/h2-7,9,15,19H,8H2,1H3. The Labute approximate surface area is 121 Å². The minimum Gasteiger partial charge on any atom is -0.508 e. The smallest absolute Gasteiger partial charge is 0.268 e. The average Bonchev–Trinajstić information content (AvgIpc) is 2.45. The van der Waals surface area contributed by atoms with E-state index >= 15 is 0 Å². The molecule has 2 aromatic carbocycles. The molecule has 1 heterocycles. The van der Waals surface area contributed by atoms with Gasteiger partial charge < -0.3 is 14.7 Å². The molecular weight excluding hydrogens is 273 g/mol. The van der Waals surface area contributed by atoms with Gasteiger partial charge in [0.1, 0.15) is 17.3 Å². The van der Waals surface area contributed by atoms with Gasteiger partial charge in [0.25, 0.3) is 5.91 Å². The van der Waals surface area contributed by atoms with Gasteiger partial charge in [-0.05, 0) is 29.8 Å². The van der Waals surface area contributed by atoms with Crippen molar-refractivity contribution in [1.29, 1.82) is 0 Å². The van der Waals surface area contributed by atoms with Crippen LogP contribution in [0.25, 0.3) is 0 Å². The number of hydrogen-bond acceptors (Lipinski definition) is 3. The highest BCUT2D eigenvalue weighted by molar-refractivity contribution is 5.99. The zero-order valence-electron chi connectivity index (χ0n) is 11.4. The molecule has 4 nitrogen and oxygen atoms in total. The number of ether oxygens (including phenoxy) is 1. The molecule has 0 spiro atoms. The van der Waals surface area contributed by atoms with Crippen molar-refractivity contribution in [2.45, 2.75) is 12.5 Å². The van der Waals surface area contributed by atoms with Crippen LogP contribution in [0, 0.1) is 5.82 Å². The minimum absolute atomic E-state index is 0.0700. The van der Waals surface area contributed by atoms with Gasteiger partial charge in [0.2, 0.25) is 0 Å². The van der Waals surface area contributed by atoms with Crippen molar-refractivity contribution >= 4 is 11.6 Å². The van der Waals surface area contributed by atoms with E-state index in [1.165, 1.54) is 29.2 Å². The number of fused-ring (bicyclic) bond motifs is 1. The van der Waals surface area contributed by atoms with Gasteiger partial charge in [-0.2, -0.15) is 0 Å². The average molecular weight is 287 g/mol. The van der Waals surface area contributed by atoms with Crippen LogP contribution in [0.2, 0.25) is 0 Å². The van der Waals surface area contributed by atoms with Crippen molar-refractivity contribution < 1.29 is 19.0 Å². The van der Waals surface area contributed by atoms with Crippen molar-refractivity contribution in [1.82, 2.24) is 0 Å². The highest BCUT2D eigenvalue weighted by Gasteiger charge is 2.32. The highest BCUT2D eigenvalue weighted by Crippen LogP contribution is 2.36. The minimum atomic E-state index is -0.700. The Morgan fingerprint density at radius 1 is 1.29 bits per heavy atom. The maximum Gasteiger partial charge on any atom is 0.268 e. The van der Waals surface area contributed by atoms with Gasteiger partial charge in [-0.25, -0.2) is 4.39 Å². The van der Waals surface area contributed by atoms with E-state index in [-0.39, 0.29) is 17.5 Å². The lowest BCUT2D eigenvalue weighted by Gasteiger charge is -2.32. The molecule has 2 aromatic rings. The fraction of sp³-hybridized carbons (Fsp3) is 0.188. The lowest BCUT2D eigenvalue weighted by Crippen LogP contribution is -2.44. The Kier molecular flexibility index (Phi) is 3.25. The first kappa shape index (κ1) is 13.4. The summed E-state index contributed by atoms with van der Waals surface area (Å²) in [5.41, 5.74) is 1.22. The van der Waals surface area contributed by atoms with E-state index in [1.807, 2.05) is 0 Å². The number of carbonyl (C=O) groups excluding carboxylic acids is 1. The molecule has 1 amide bonds. The second kappa shape index (κ2) is 5.09. The predicted octanol–water partition coefficient (Wildman–Crippen LogP) is 2.50. The molecule has 0 aromatic heterocycles. The number of aromatic hydroxyl groups is 1. The van der Waals surface area contributed by atoms with E-state index in [2.05, 4.69) is 0 Å². The molecule has 1 aliphatic heterocycles. The second-order valence-electron chi connectivity index (χ2n) is 4.99. The first-order chi connectivity index (χ1) is 10.0. The van der Waals surface area contributed by atoms with Crippen molar-refractivity contribution in [3.05, 3.63) is 53.8 Å². The number of benzene rings is 2. The van der Waals surface area contributed by atoms with Crippen molar-refractivity contribution in [3.63, 3.8) is 0 Å². The van der Waals surface area contributed by atoms with Gasteiger partial charge in [0.15, 0.2) is 6.10 Å². The normalized spacial score (nSPS) is 17.3. The molecule has 1 N–H and O–H groups in total. The molecule has 0 fully saturated rings. The van der Waals surface area contributed by atoms with Gasteiger partial charge >= 0.3 is 0 Å². The number of rotatable bonds is 2. The molecule has 3 rings (SSSR count). The fourth-order valence-electron chi connectivity index (χ4n) is 2.41. The third kappa shape index (κ3) is 2.54. The zero-order valence-corrected chi connectivity index (χ0v) is 11.4. The number of halogens is 1. The summed E-state index contributed by atoms with van der Waals surface area (Å²) in [6.07, 6.45) is -0.407. The monoisotopic (exact) mass is 287 g/mol. The third-order valence-corrected chi connectivity index (χ3v) is 3.49. The van der Waals surface area contributed by atoms with Crippen LogP contribution in [0.4, 0.5) is 10.1 Å². The van der Waals surface area contributed by atoms with Gasteiger partial charge in [0.05, 0.1) is 5.69 Å². The topological polar surface area (TPSA) is 49.8 Å². The summed E-state index contributed by atoms with van der Waals surface area (Å²) < 4.78 is 18.9. The quantitative estimate of drug-likeness (QED) is 0.923. The Morgan fingerprint density at radius 3 is 2.86 bits per heavy atom. The molecular formula is C16H14FNO3. The van der Waals surface area contributed by atoms with Gasteiger partial charge in [-0.1, -0.05) is 12.1 Å². The van der Waals surface area contributed by atoms with Crippen LogP contribution in [0.3, 0.4) is 0 Å². The number of anilines is 1. The van der Waals surface area contributed by atoms with Crippen LogP contribution in [0.1, 0.15) is 5.56 Å². The molecule has 21 heavy (non-hydrogen) atoms. The number of amides is 1. The molecule has 0 radical (unpaired) electrons. The van der Waals surface area contributed by atoms with E-state index in [1.54, 1.807) is 25.2 Å². The molecule has 1 atom stereocenters. The lowest BCUT2D eigenvalue weighted by atomic mass is 10.0. The van der Waals surface area contributed by atoms with E-state index in [0.717, 1.165) is 0 Å². The number of hydrogen-bond donors (Lipinski definition) is 1. The molecule has 0 saturated carbocycles. The van der Waals surface area contributed by atoms with Gasteiger partial charge in [-0.15, -0.1) is 0 Å². The summed E-state index contributed by atoms with van der Waals surface area (Å²) in [5.74, 6) is 0.0312. The number of phenols is 1. The van der Waals surface area contributed by atoms with Gasteiger partial charge in [0, 0.05) is 19.5 Å². The Morgan fingerprint density at radius 2 is 2.10 bits per heavy atom. The fourth-order valence-corrected chi connectivity index (χ4v) is 2.41. The second-order valence-corrected chi connectivity index (χ2v) is 4.99. The number of phenolic OH excluding ortho intramolecular Hbond substituents is 1. The van der Waals surface area contributed by atoms with E-state index in [0.29, 0.717) is 23.4 Å². The summed E-state index contributed by atoms with van der Waals surface area (Å²) in [6, 6.07) is 10.7. The van der Waals surface area contributed by atoms with Crippen LogP contribution in [0.15, 0.2) is 42.5 Å². The first-order valence-electron chi connectivity index (χ1n) is 6.56. The SMILES string of the molecule is CN1C(=O)C(Cc2cccc(F)c2)Oc2ccc(O)cc21. The molecule has 0 bridgehead atoms. The first-order valence-corrected chi connectivity index (χ1v) is 6.56. The lowest BCUT2D eigenvalue weighted by molar-refractivity contribution is -0.125. The molecule has 108 valence electrons. The van der Waals surface area contributed by atoms with Gasteiger partial charge in [-0.3, -0.25) is 4.79 Å². The molecule has 0 aliphatic carbocycles. The van der Waals surface area contributed by atoms with E-state index < -0.39 is 6.10 Å². The predicted molar refractivity (Wildman–Crippen MR) is 76.0 cm³/mol. The van der Waals surface area contributed by atoms with Crippen LogP contribution in [-0.4, -0.2) is 24.2 Å². The van der Waals surface area contributed by atoms with Crippen molar-refractivity contribution in [2.75, 3.05) is 11.9 Å². The van der Waals surface area contributed by atoms with Crippen molar-refractivity contribution in [2.24, 2.45) is 0 Å². The zero-order chi connectivity index (χ0) is 15.0. The van der Waals surface area contributed by atoms with Crippen LogP contribution < -0.4 is 9.64 Å². The Bertz CT molecular complexity index is 702.